The lowest BCUT2D eigenvalue weighted by atomic mass is 10.00. The second kappa shape index (κ2) is 6.78. The average Bonchev–Trinajstić information content (AvgIpc) is 2.84. The van der Waals surface area contributed by atoms with Gasteiger partial charge in [-0.15, -0.1) is 0 Å². The minimum Gasteiger partial charge on any atom is -0.355 e. The number of hydrogen-bond donors (Lipinski definition) is 3. The largest absolute Gasteiger partial charge is 0.355 e. The Morgan fingerprint density at radius 2 is 2.04 bits per heavy atom. The van der Waals surface area contributed by atoms with E-state index in [2.05, 4.69) is 39.0 Å². The Hall–Kier alpha value is -2.41. The fraction of sp³-hybridized carbons (Fsp3) is 0.438. The molecule has 1 aromatic rings. The first-order valence-corrected chi connectivity index (χ1v) is 7.79. The van der Waals surface area contributed by atoms with Gasteiger partial charge in [0.2, 0.25) is 5.91 Å². The van der Waals surface area contributed by atoms with Crippen molar-refractivity contribution in [2.75, 3.05) is 19.6 Å². The Morgan fingerprint density at radius 1 is 1.26 bits per heavy atom. The molecule has 2 heterocycles. The van der Waals surface area contributed by atoms with E-state index in [4.69, 9.17) is 0 Å². The zero-order valence-corrected chi connectivity index (χ0v) is 12.8. The maximum absolute atomic E-state index is 11.8. The number of nitrogens with one attached hydrogen (secondary N) is 3. The van der Waals surface area contributed by atoms with Gasteiger partial charge in [0, 0.05) is 26.2 Å². The molecule has 7 heteroatoms. The van der Waals surface area contributed by atoms with Crippen molar-refractivity contribution in [3.63, 3.8) is 0 Å². The number of carbonyl (C=O) groups excluding carboxylic acids is 3. The molecule has 7 nitrogen and oxygen atoms in total. The van der Waals surface area contributed by atoms with Crippen LogP contribution in [0.4, 0.5) is 4.79 Å². The number of hydrogen-bond acceptors (Lipinski definition) is 4. The highest BCUT2D eigenvalue weighted by atomic mass is 16.2. The second-order valence-electron chi connectivity index (χ2n) is 5.86. The van der Waals surface area contributed by atoms with Gasteiger partial charge in [-0.3, -0.25) is 19.8 Å². The number of fused-ring (bicyclic) bond motifs is 1. The van der Waals surface area contributed by atoms with Crippen molar-refractivity contribution < 1.29 is 14.4 Å². The van der Waals surface area contributed by atoms with Crippen LogP contribution in [0, 0.1) is 0 Å². The lowest BCUT2D eigenvalue weighted by Crippen LogP contribution is -2.40. The lowest BCUT2D eigenvalue weighted by molar-refractivity contribution is -0.126. The number of nitrogens with zero attached hydrogens (tertiary/aromatic N) is 1. The molecule has 1 saturated heterocycles. The van der Waals surface area contributed by atoms with Crippen LogP contribution in [0.5, 0.6) is 0 Å². The molecule has 3 rings (SSSR count). The molecule has 4 amide bonds. The standard InChI is InChI=1S/C16H20N4O3/c21-14(9-13-15(22)19-16(23)18-13)17-6-8-20-7-5-11-3-1-2-4-12(11)10-20/h1-4,13H,5-10H2,(H,17,21)(H2,18,19,22,23)/t13-/m0/s1. The lowest BCUT2D eigenvalue weighted by Gasteiger charge is -2.28. The molecular formula is C16H20N4O3. The van der Waals surface area contributed by atoms with E-state index in [1.54, 1.807) is 0 Å². The van der Waals surface area contributed by atoms with Crippen LogP contribution in [0.25, 0.3) is 0 Å². The average molecular weight is 316 g/mol. The quantitative estimate of drug-likeness (QED) is 0.654. The van der Waals surface area contributed by atoms with E-state index in [9.17, 15) is 14.4 Å². The van der Waals surface area contributed by atoms with Gasteiger partial charge >= 0.3 is 6.03 Å². The third-order valence-electron chi connectivity index (χ3n) is 4.21. The highest BCUT2D eigenvalue weighted by Gasteiger charge is 2.31. The minimum absolute atomic E-state index is 0.0274. The first-order valence-electron chi connectivity index (χ1n) is 7.79. The summed E-state index contributed by atoms with van der Waals surface area (Å²) < 4.78 is 0. The van der Waals surface area contributed by atoms with E-state index in [1.807, 2.05) is 6.07 Å². The van der Waals surface area contributed by atoms with Crippen molar-refractivity contribution in [1.82, 2.24) is 20.9 Å². The first-order chi connectivity index (χ1) is 11.1. The molecule has 23 heavy (non-hydrogen) atoms. The van der Waals surface area contributed by atoms with Gasteiger partial charge in [-0.2, -0.15) is 0 Å². The number of benzene rings is 1. The summed E-state index contributed by atoms with van der Waals surface area (Å²) in [5.74, 6) is -0.678. The summed E-state index contributed by atoms with van der Waals surface area (Å²) in [5, 5.41) is 7.33. The van der Waals surface area contributed by atoms with Gasteiger partial charge in [0.1, 0.15) is 6.04 Å². The second-order valence-corrected chi connectivity index (χ2v) is 5.86. The van der Waals surface area contributed by atoms with Crippen molar-refractivity contribution in [2.45, 2.75) is 25.4 Å². The van der Waals surface area contributed by atoms with Crippen molar-refractivity contribution in [2.24, 2.45) is 0 Å². The summed E-state index contributed by atoms with van der Waals surface area (Å²) >= 11 is 0. The fourth-order valence-corrected chi connectivity index (χ4v) is 2.96. The van der Waals surface area contributed by atoms with Gasteiger partial charge in [-0.1, -0.05) is 24.3 Å². The fourth-order valence-electron chi connectivity index (χ4n) is 2.96. The Bertz CT molecular complexity index is 632. The van der Waals surface area contributed by atoms with E-state index < -0.39 is 18.0 Å². The number of rotatable bonds is 5. The number of amides is 4. The van der Waals surface area contributed by atoms with Crippen LogP contribution in [0.2, 0.25) is 0 Å². The molecule has 0 saturated carbocycles. The van der Waals surface area contributed by atoms with E-state index in [0.29, 0.717) is 6.54 Å². The van der Waals surface area contributed by atoms with Gasteiger partial charge in [0.05, 0.1) is 6.42 Å². The third-order valence-corrected chi connectivity index (χ3v) is 4.21. The van der Waals surface area contributed by atoms with Gasteiger partial charge in [0.15, 0.2) is 0 Å². The van der Waals surface area contributed by atoms with Crippen molar-refractivity contribution in [3.05, 3.63) is 35.4 Å². The summed E-state index contributed by atoms with van der Waals surface area (Å²) in [6.07, 6.45) is 0.999. The van der Waals surface area contributed by atoms with Crippen molar-refractivity contribution in [1.29, 1.82) is 0 Å². The summed E-state index contributed by atoms with van der Waals surface area (Å²) in [7, 11) is 0. The molecular weight excluding hydrogens is 296 g/mol. The molecule has 0 radical (unpaired) electrons. The molecule has 3 N–H and O–H groups in total. The molecule has 1 atom stereocenters. The summed E-state index contributed by atoms with van der Waals surface area (Å²) in [6.45, 7) is 3.17. The molecule has 122 valence electrons. The Morgan fingerprint density at radius 3 is 2.78 bits per heavy atom. The predicted molar refractivity (Wildman–Crippen MR) is 83.5 cm³/mol. The van der Waals surface area contributed by atoms with Crippen LogP contribution >= 0.6 is 0 Å². The van der Waals surface area contributed by atoms with Gasteiger partial charge in [-0.05, 0) is 17.5 Å². The molecule has 0 aliphatic carbocycles. The topological polar surface area (TPSA) is 90.5 Å². The first kappa shape index (κ1) is 15.5. The molecule has 0 aromatic heterocycles. The Balaban J connectivity index is 1.39. The van der Waals surface area contributed by atoms with Crippen molar-refractivity contribution >= 4 is 17.8 Å². The highest BCUT2D eigenvalue weighted by molar-refractivity contribution is 6.05. The number of imide groups is 1. The summed E-state index contributed by atoms with van der Waals surface area (Å²) in [4.78, 5) is 36.5. The van der Waals surface area contributed by atoms with Crippen LogP contribution < -0.4 is 16.0 Å². The van der Waals surface area contributed by atoms with E-state index in [-0.39, 0.29) is 12.3 Å². The molecule has 1 aromatic carbocycles. The zero-order valence-electron chi connectivity index (χ0n) is 12.8. The van der Waals surface area contributed by atoms with Gasteiger partial charge in [0.25, 0.3) is 5.91 Å². The number of urea groups is 1. The van der Waals surface area contributed by atoms with E-state index >= 15 is 0 Å². The zero-order chi connectivity index (χ0) is 16.2. The maximum atomic E-state index is 11.8. The van der Waals surface area contributed by atoms with Gasteiger partial charge in [-0.25, -0.2) is 4.79 Å². The third kappa shape index (κ3) is 3.87. The predicted octanol–water partition coefficient (Wildman–Crippen LogP) is -0.241. The van der Waals surface area contributed by atoms with Crippen LogP contribution in [0.1, 0.15) is 17.5 Å². The molecule has 2 aliphatic heterocycles. The van der Waals surface area contributed by atoms with Gasteiger partial charge < -0.3 is 10.6 Å². The molecule has 0 unspecified atom stereocenters. The number of carbonyl (C=O) groups is 3. The molecule has 2 aliphatic rings. The molecule has 0 bridgehead atoms. The highest BCUT2D eigenvalue weighted by Crippen LogP contribution is 2.17. The molecule has 1 fully saturated rings. The monoisotopic (exact) mass is 316 g/mol. The minimum atomic E-state index is -0.760. The van der Waals surface area contributed by atoms with Crippen LogP contribution in [-0.4, -0.2) is 48.4 Å². The summed E-state index contributed by atoms with van der Waals surface area (Å²) in [5.41, 5.74) is 2.74. The van der Waals surface area contributed by atoms with E-state index in [1.165, 1.54) is 11.1 Å². The van der Waals surface area contributed by atoms with Crippen LogP contribution in [0.15, 0.2) is 24.3 Å². The van der Waals surface area contributed by atoms with E-state index in [0.717, 1.165) is 26.1 Å². The smallest absolute Gasteiger partial charge is 0.322 e. The van der Waals surface area contributed by atoms with Crippen LogP contribution in [-0.2, 0) is 22.6 Å². The summed E-state index contributed by atoms with van der Waals surface area (Å²) in [6, 6.07) is 7.11. The van der Waals surface area contributed by atoms with Crippen LogP contribution in [0.3, 0.4) is 0 Å². The normalized spacial score (nSPS) is 20.6. The Kier molecular flexibility index (Phi) is 4.57. The van der Waals surface area contributed by atoms with Crippen molar-refractivity contribution in [3.8, 4) is 0 Å². The Labute approximate surface area is 134 Å². The maximum Gasteiger partial charge on any atom is 0.322 e. The SMILES string of the molecule is O=C(C[C@@H]1NC(=O)NC1=O)NCCN1CCc2ccccc2C1. The molecule has 0 spiro atoms.